The average Bonchev–Trinajstić information content (AvgIpc) is 2.90. The van der Waals surface area contributed by atoms with Crippen LogP contribution in [0.1, 0.15) is 32.7 Å². The summed E-state index contributed by atoms with van der Waals surface area (Å²) >= 11 is 7.12. The number of nitrogens with one attached hydrogen (secondary N) is 2. The standard InChI is InChI=1S/C29H24ClN5O2S/c1-17-4-9-24(18(2)14-17)35-25(36)16-38-29-23(15-31)27(20-10-12-32-13-11-20)26(19(3)33-29)28(37)34-22-7-5-21(30)6-8-22/h4-14H,16H2,1-3H3,(H,34,37)(H,35,36). The molecule has 2 aromatic carbocycles. The minimum Gasteiger partial charge on any atom is -0.325 e. The summed E-state index contributed by atoms with van der Waals surface area (Å²) in [6.45, 7) is 5.64. The van der Waals surface area contributed by atoms with E-state index in [0.29, 0.717) is 32.6 Å². The Morgan fingerprint density at radius 1 is 1.00 bits per heavy atom. The Bertz CT molecular complexity index is 1550. The number of aromatic nitrogens is 2. The highest BCUT2D eigenvalue weighted by molar-refractivity contribution is 8.00. The van der Waals surface area contributed by atoms with Crippen molar-refractivity contribution in [2.24, 2.45) is 0 Å². The summed E-state index contributed by atoms with van der Waals surface area (Å²) in [5, 5.41) is 16.9. The van der Waals surface area contributed by atoms with Crippen LogP contribution in [0, 0.1) is 32.1 Å². The van der Waals surface area contributed by atoms with Gasteiger partial charge >= 0.3 is 0 Å². The number of halogens is 1. The zero-order valence-corrected chi connectivity index (χ0v) is 22.6. The van der Waals surface area contributed by atoms with E-state index < -0.39 is 5.91 Å². The molecule has 0 atom stereocenters. The second-order valence-corrected chi connectivity index (χ2v) is 9.99. The van der Waals surface area contributed by atoms with Crippen molar-refractivity contribution in [2.75, 3.05) is 16.4 Å². The number of thioether (sulfide) groups is 1. The molecule has 0 aliphatic rings. The van der Waals surface area contributed by atoms with E-state index in [9.17, 15) is 14.9 Å². The van der Waals surface area contributed by atoms with Crippen molar-refractivity contribution >= 4 is 46.6 Å². The van der Waals surface area contributed by atoms with Gasteiger partial charge in [0.25, 0.3) is 5.91 Å². The number of amides is 2. The van der Waals surface area contributed by atoms with Gasteiger partial charge in [-0.05, 0) is 74.4 Å². The van der Waals surface area contributed by atoms with Gasteiger partial charge in [-0.1, -0.05) is 41.1 Å². The fraction of sp³-hybridized carbons (Fsp3) is 0.138. The van der Waals surface area contributed by atoms with Gasteiger partial charge in [-0.3, -0.25) is 14.6 Å². The predicted octanol–water partition coefficient (Wildman–Crippen LogP) is 6.58. The second-order valence-electron chi connectivity index (χ2n) is 8.59. The Morgan fingerprint density at radius 2 is 1.71 bits per heavy atom. The number of nitrogens with zero attached hydrogens (tertiary/aromatic N) is 3. The Hall–Kier alpha value is -4.19. The zero-order chi connectivity index (χ0) is 27.2. The molecule has 0 fully saturated rings. The molecule has 0 unspecified atom stereocenters. The number of aryl methyl sites for hydroxylation is 3. The Balaban J connectivity index is 1.67. The lowest BCUT2D eigenvalue weighted by Gasteiger charge is -2.17. The van der Waals surface area contributed by atoms with Crippen LogP contribution in [0.4, 0.5) is 11.4 Å². The third kappa shape index (κ3) is 6.20. The summed E-state index contributed by atoms with van der Waals surface area (Å²) in [7, 11) is 0. The van der Waals surface area contributed by atoms with E-state index in [1.165, 1.54) is 0 Å². The summed E-state index contributed by atoms with van der Waals surface area (Å²) in [6, 6.07) is 18.2. The first kappa shape index (κ1) is 26.9. The van der Waals surface area contributed by atoms with Gasteiger partial charge in [0.2, 0.25) is 5.91 Å². The molecule has 0 radical (unpaired) electrons. The highest BCUT2D eigenvalue weighted by Gasteiger charge is 2.25. The van der Waals surface area contributed by atoms with E-state index in [0.717, 1.165) is 28.6 Å². The van der Waals surface area contributed by atoms with Crippen LogP contribution >= 0.6 is 23.4 Å². The lowest BCUT2D eigenvalue weighted by Crippen LogP contribution is -2.18. The van der Waals surface area contributed by atoms with Gasteiger partial charge in [-0.25, -0.2) is 4.98 Å². The molecule has 0 spiro atoms. The van der Waals surface area contributed by atoms with Gasteiger partial charge in [-0.2, -0.15) is 5.26 Å². The van der Waals surface area contributed by atoms with Crippen molar-refractivity contribution in [2.45, 2.75) is 25.8 Å². The first-order valence-electron chi connectivity index (χ1n) is 11.7. The summed E-state index contributed by atoms with van der Waals surface area (Å²) in [5.41, 5.74) is 5.36. The largest absolute Gasteiger partial charge is 0.325 e. The predicted molar refractivity (Wildman–Crippen MR) is 152 cm³/mol. The maximum absolute atomic E-state index is 13.4. The van der Waals surface area contributed by atoms with E-state index in [4.69, 9.17) is 11.6 Å². The van der Waals surface area contributed by atoms with E-state index in [1.54, 1.807) is 55.7 Å². The smallest absolute Gasteiger partial charge is 0.258 e. The number of carbonyl (C=O) groups is 2. The molecule has 4 rings (SSSR count). The third-order valence-electron chi connectivity index (χ3n) is 5.75. The number of benzene rings is 2. The summed E-state index contributed by atoms with van der Waals surface area (Å²) in [5.74, 6) is -0.592. The number of hydrogen-bond acceptors (Lipinski definition) is 6. The van der Waals surface area contributed by atoms with E-state index in [2.05, 4.69) is 26.7 Å². The molecule has 2 heterocycles. The Morgan fingerprint density at radius 3 is 2.37 bits per heavy atom. The second kappa shape index (κ2) is 11.9. The van der Waals surface area contributed by atoms with Crippen molar-refractivity contribution in [3.63, 3.8) is 0 Å². The molecule has 2 N–H and O–H groups in total. The van der Waals surface area contributed by atoms with Crippen LogP contribution in [-0.4, -0.2) is 27.5 Å². The van der Waals surface area contributed by atoms with Crippen molar-refractivity contribution in [1.82, 2.24) is 9.97 Å². The molecule has 0 aliphatic carbocycles. The van der Waals surface area contributed by atoms with Gasteiger partial charge in [0, 0.05) is 34.4 Å². The van der Waals surface area contributed by atoms with Gasteiger partial charge in [0.05, 0.1) is 22.6 Å². The SMILES string of the molecule is Cc1ccc(NC(=O)CSc2nc(C)c(C(=O)Nc3ccc(Cl)cc3)c(-c3ccncc3)c2C#N)c(C)c1. The zero-order valence-electron chi connectivity index (χ0n) is 21.0. The number of carbonyl (C=O) groups excluding carboxylic acids is 2. The summed E-state index contributed by atoms with van der Waals surface area (Å²) < 4.78 is 0. The third-order valence-corrected chi connectivity index (χ3v) is 6.98. The fourth-order valence-corrected chi connectivity index (χ4v) is 4.93. The van der Waals surface area contributed by atoms with Crippen LogP contribution in [0.5, 0.6) is 0 Å². The van der Waals surface area contributed by atoms with E-state index >= 15 is 0 Å². The average molecular weight is 542 g/mol. The molecule has 190 valence electrons. The number of pyridine rings is 2. The van der Waals surface area contributed by atoms with Crippen LogP contribution in [0.3, 0.4) is 0 Å². The van der Waals surface area contributed by atoms with Crippen LogP contribution in [0.2, 0.25) is 5.02 Å². The van der Waals surface area contributed by atoms with E-state index in [-0.39, 0.29) is 22.8 Å². The van der Waals surface area contributed by atoms with E-state index in [1.807, 2.05) is 32.0 Å². The molecule has 0 saturated carbocycles. The molecule has 2 amide bonds. The van der Waals surface area contributed by atoms with Gasteiger partial charge < -0.3 is 10.6 Å². The molecule has 4 aromatic rings. The van der Waals surface area contributed by atoms with Gasteiger partial charge in [0.1, 0.15) is 11.1 Å². The fourth-order valence-electron chi connectivity index (χ4n) is 3.97. The first-order valence-corrected chi connectivity index (χ1v) is 13.0. The van der Waals surface area contributed by atoms with Crippen molar-refractivity contribution in [1.29, 1.82) is 5.26 Å². The van der Waals surface area contributed by atoms with Crippen molar-refractivity contribution in [3.8, 4) is 17.2 Å². The number of nitriles is 1. The molecule has 0 saturated heterocycles. The van der Waals surface area contributed by atoms with Crippen molar-refractivity contribution < 1.29 is 9.59 Å². The quantitative estimate of drug-likeness (QED) is 0.256. The molecule has 0 bridgehead atoms. The molecular formula is C29H24ClN5O2S. The normalized spacial score (nSPS) is 10.5. The van der Waals surface area contributed by atoms with Crippen LogP contribution in [0.25, 0.3) is 11.1 Å². The minimum absolute atomic E-state index is 0.0422. The van der Waals surface area contributed by atoms with Crippen molar-refractivity contribution in [3.05, 3.63) is 100.0 Å². The Labute approximate surface area is 230 Å². The molecule has 0 aliphatic heterocycles. The monoisotopic (exact) mass is 541 g/mol. The van der Waals surface area contributed by atoms with Crippen LogP contribution < -0.4 is 10.6 Å². The summed E-state index contributed by atoms with van der Waals surface area (Å²) in [4.78, 5) is 34.8. The lowest BCUT2D eigenvalue weighted by molar-refractivity contribution is -0.113. The molecule has 9 heteroatoms. The molecule has 7 nitrogen and oxygen atoms in total. The Kier molecular flexibility index (Phi) is 8.41. The molecule has 2 aromatic heterocycles. The van der Waals surface area contributed by atoms with Gasteiger partial charge in [0.15, 0.2) is 0 Å². The number of hydrogen-bond donors (Lipinski definition) is 2. The van der Waals surface area contributed by atoms with Gasteiger partial charge in [-0.15, -0.1) is 0 Å². The maximum atomic E-state index is 13.4. The number of rotatable bonds is 7. The van der Waals surface area contributed by atoms with Crippen LogP contribution in [0.15, 0.2) is 72.0 Å². The highest BCUT2D eigenvalue weighted by Crippen LogP contribution is 2.35. The molecular weight excluding hydrogens is 518 g/mol. The molecule has 38 heavy (non-hydrogen) atoms. The minimum atomic E-state index is -0.412. The highest BCUT2D eigenvalue weighted by atomic mass is 35.5. The topological polar surface area (TPSA) is 108 Å². The first-order chi connectivity index (χ1) is 18.3. The number of anilines is 2. The maximum Gasteiger partial charge on any atom is 0.258 e. The lowest BCUT2D eigenvalue weighted by atomic mass is 9.95. The van der Waals surface area contributed by atoms with Crippen LogP contribution in [-0.2, 0) is 4.79 Å². The summed E-state index contributed by atoms with van der Waals surface area (Å²) in [6.07, 6.45) is 3.19.